The molecule has 1 N–H and O–H groups in total. The third kappa shape index (κ3) is 2.27. The minimum Gasteiger partial charge on any atom is -0.321 e. The van der Waals surface area contributed by atoms with E-state index in [2.05, 4.69) is 35.9 Å². The molecule has 1 amide bonds. The average molecular weight is 279 g/mol. The Balaban J connectivity index is 1.80. The minimum absolute atomic E-state index is 0.0582. The van der Waals surface area contributed by atoms with Crippen LogP contribution in [0.5, 0.6) is 0 Å². The molecular formula is C16H29N3O. The van der Waals surface area contributed by atoms with Crippen LogP contribution in [0.3, 0.4) is 0 Å². The molecule has 0 spiro atoms. The van der Waals surface area contributed by atoms with E-state index in [-0.39, 0.29) is 12.2 Å². The highest BCUT2D eigenvalue weighted by Gasteiger charge is 2.49. The second kappa shape index (κ2) is 5.64. The quantitative estimate of drug-likeness (QED) is 0.852. The highest BCUT2D eigenvalue weighted by atomic mass is 16.2. The molecule has 114 valence electrons. The van der Waals surface area contributed by atoms with Gasteiger partial charge in [-0.15, -0.1) is 0 Å². The Hall–Kier alpha value is -0.610. The van der Waals surface area contributed by atoms with Crippen LogP contribution in [0.1, 0.15) is 52.9 Å². The average Bonchev–Trinajstić information content (AvgIpc) is 3.06. The van der Waals surface area contributed by atoms with Crippen LogP contribution in [0.15, 0.2) is 0 Å². The number of carbonyl (C=O) groups excluding carboxylic acids is 1. The Labute approximate surface area is 122 Å². The van der Waals surface area contributed by atoms with Gasteiger partial charge in [-0.05, 0) is 38.1 Å². The van der Waals surface area contributed by atoms with Gasteiger partial charge in [0.25, 0.3) is 0 Å². The van der Waals surface area contributed by atoms with Crippen molar-refractivity contribution in [3.05, 3.63) is 0 Å². The van der Waals surface area contributed by atoms with Crippen LogP contribution in [0, 0.1) is 5.92 Å². The first-order valence-corrected chi connectivity index (χ1v) is 8.45. The van der Waals surface area contributed by atoms with E-state index in [9.17, 15) is 4.79 Å². The summed E-state index contributed by atoms with van der Waals surface area (Å²) in [6.45, 7) is 9.04. The lowest BCUT2D eigenvalue weighted by Gasteiger charge is -2.35. The maximum atomic E-state index is 12.8. The lowest BCUT2D eigenvalue weighted by molar-refractivity contribution is -0.133. The van der Waals surface area contributed by atoms with Crippen molar-refractivity contribution in [3.63, 3.8) is 0 Å². The Kier molecular flexibility index (Phi) is 4.04. The zero-order valence-electron chi connectivity index (χ0n) is 13.1. The second-order valence-electron chi connectivity index (χ2n) is 7.04. The van der Waals surface area contributed by atoms with E-state index in [0.717, 1.165) is 12.8 Å². The number of nitrogens with one attached hydrogen (secondary N) is 1. The second-order valence-corrected chi connectivity index (χ2v) is 7.04. The van der Waals surface area contributed by atoms with Gasteiger partial charge in [0, 0.05) is 12.6 Å². The summed E-state index contributed by atoms with van der Waals surface area (Å²) >= 11 is 0. The lowest BCUT2D eigenvalue weighted by Crippen LogP contribution is -2.51. The van der Waals surface area contributed by atoms with Gasteiger partial charge in [-0.1, -0.05) is 27.2 Å². The molecule has 4 heteroatoms. The third-order valence-corrected chi connectivity index (χ3v) is 5.36. The summed E-state index contributed by atoms with van der Waals surface area (Å²) in [5.41, 5.74) is 0. The van der Waals surface area contributed by atoms with Crippen molar-refractivity contribution < 1.29 is 4.79 Å². The van der Waals surface area contributed by atoms with Crippen LogP contribution in [-0.4, -0.2) is 53.1 Å². The van der Waals surface area contributed by atoms with Gasteiger partial charge in [0.15, 0.2) is 0 Å². The molecule has 4 unspecified atom stereocenters. The SMILES string of the molecule is CCCC1NC(C(C)C)N(C2CCN3CCCC23)C1=O. The maximum absolute atomic E-state index is 12.8. The van der Waals surface area contributed by atoms with Gasteiger partial charge >= 0.3 is 0 Å². The fourth-order valence-corrected chi connectivity index (χ4v) is 4.43. The van der Waals surface area contributed by atoms with E-state index in [0.29, 0.717) is 23.9 Å². The molecule has 0 bridgehead atoms. The van der Waals surface area contributed by atoms with E-state index in [4.69, 9.17) is 0 Å². The largest absolute Gasteiger partial charge is 0.321 e. The molecule has 0 aliphatic carbocycles. The van der Waals surface area contributed by atoms with Gasteiger partial charge in [0.2, 0.25) is 5.91 Å². The Bertz CT molecular complexity index is 371. The van der Waals surface area contributed by atoms with E-state index < -0.39 is 0 Å². The van der Waals surface area contributed by atoms with Crippen LogP contribution in [0.2, 0.25) is 0 Å². The molecule has 0 aromatic carbocycles. The molecule has 4 atom stereocenters. The Morgan fingerprint density at radius 3 is 2.75 bits per heavy atom. The molecule has 3 fully saturated rings. The van der Waals surface area contributed by atoms with Gasteiger partial charge in [0.1, 0.15) is 0 Å². The number of carbonyl (C=O) groups is 1. The molecule has 4 nitrogen and oxygen atoms in total. The number of rotatable bonds is 4. The van der Waals surface area contributed by atoms with Gasteiger partial charge in [0.05, 0.1) is 18.2 Å². The summed E-state index contributed by atoms with van der Waals surface area (Å²) in [7, 11) is 0. The van der Waals surface area contributed by atoms with E-state index in [1.807, 2.05) is 0 Å². The van der Waals surface area contributed by atoms with Crippen LogP contribution in [-0.2, 0) is 4.79 Å². The lowest BCUT2D eigenvalue weighted by atomic mass is 10.0. The fourth-order valence-electron chi connectivity index (χ4n) is 4.43. The summed E-state index contributed by atoms with van der Waals surface area (Å²) in [4.78, 5) is 17.7. The van der Waals surface area contributed by atoms with Crippen molar-refractivity contribution in [1.29, 1.82) is 0 Å². The van der Waals surface area contributed by atoms with Gasteiger partial charge in [-0.2, -0.15) is 0 Å². The number of hydrogen-bond donors (Lipinski definition) is 1. The highest BCUT2D eigenvalue weighted by molar-refractivity contribution is 5.84. The minimum atomic E-state index is 0.0582. The summed E-state index contributed by atoms with van der Waals surface area (Å²) in [5, 5.41) is 3.61. The molecule has 0 radical (unpaired) electrons. The highest BCUT2D eigenvalue weighted by Crippen LogP contribution is 2.35. The normalized spacial score (nSPS) is 38.2. The molecule has 3 rings (SSSR count). The fraction of sp³-hybridized carbons (Fsp3) is 0.938. The molecule has 0 aromatic heterocycles. The molecule has 3 saturated heterocycles. The number of nitrogens with zero attached hydrogens (tertiary/aromatic N) is 2. The van der Waals surface area contributed by atoms with Crippen LogP contribution < -0.4 is 5.32 Å². The zero-order chi connectivity index (χ0) is 14.3. The van der Waals surface area contributed by atoms with E-state index in [1.165, 1.54) is 32.4 Å². The van der Waals surface area contributed by atoms with Crippen molar-refractivity contribution >= 4 is 5.91 Å². The number of hydrogen-bond acceptors (Lipinski definition) is 3. The van der Waals surface area contributed by atoms with Crippen molar-refractivity contribution in [1.82, 2.24) is 15.1 Å². The van der Waals surface area contributed by atoms with Crippen molar-refractivity contribution in [3.8, 4) is 0 Å². The van der Waals surface area contributed by atoms with Crippen LogP contribution in [0.25, 0.3) is 0 Å². The molecule has 0 aromatic rings. The molecule has 3 heterocycles. The van der Waals surface area contributed by atoms with Gasteiger partial charge in [-0.3, -0.25) is 15.0 Å². The predicted octanol–water partition coefficient (Wildman–Crippen LogP) is 1.81. The smallest absolute Gasteiger partial charge is 0.241 e. The van der Waals surface area contributed by atoms with Gasteiger partial charge < -0.3 is 4.90 Å². The van der Waals surface area contributed by atoms with Crippen LogP contribution in [0.4, 0.5) is 0 Å². The predicted molar refractivity (Wildman–Crippen MR) is 80.3 cm³/mol. The first-order chi connectivity index (χ1) is 9.63. The molecule has 20 heavy (non-hydrogen) atoms. The van der Waals surface area contributed by atoms with E-state index >= 15 is 0 Å². The van der Waals surface area contributed by atoms with Crippen LogP contribution >= 0.6 is 0 Å². The Morgan fingerprint density at radius 1 is 1.25 bits per heavy atom. The topological polar surface area (TPSA) is 35.6 Å². The molecular weight excluding hydrogens is 250 g/mol. The standard InChI is InChI=1S/C16H29N3O/c1-4-6-12-16(20)19(15(17-12)11(2)3)14-8-10-18-9-5-7-13(14)18/h11-15,17H,4-10H2,1-3H3. The summed E-state index contributed by atoms with van der Waals surface area (Å²) in [5.74, 6) is 0.848. The number of fused-ring (bicyclic) bond motifs is 1. The molecule has 3 aliphatic heterocycles. The van der Waals surface area contributed by atoms with Crippen molar-refractivity contribution in [2.45, 2.75) is 77.2 Å². The third-order valence-electron chi connectivity index (χ3n) is 5.36. The molecule has 0 saturated carbocycles. The monoisotopic (exact) mass is 279 g/mol. The van der Waals surface area contributed by atoms with Crippen molar-refractivity contribution in [2.24, 2.45) is 5.92 Å². The van der Waals surface area contributed by atoms with Crippen molar-refractivity contribution in [2.75, 3.05) is 13.1 Å². The summed E-state index contributed by atoms with van der Waals surface area (Å²) in [6.07, 6.45) is 6.03. The summed E-state index contributed by atoms with van der Waals surface area (Å²) in [6, 6.07) is 1.14. The Morgan fingerprint density at radius 2 is 2.05 bits per heavy atom. The van der Waals surface area contributed by atoms with E-state index in [1.54, 1.807) is 0 Å². The number of amides is 1. The first-order valence-electron chi connectivity index (χ1n) is 8.45. The maximum Gasteiger partial charge on any atom is 0.241 e. The zero-order valence-corrected chi connectivity index (χ0v) is 13.1. The summed E-state index contributed by atoms with van der Waals surface area (Å²) < 4.78 is 0. The molecule has 3 aliphatic rings. The first kappa shape index (κ1) is 14.3. The van der Waals surface area contributed by atoms with Gasteiger partial charge in [-0.25, -0.2) is 0 Å².